The van der Waals surface area contributed by atoms with Gasteiger partial charge in [0.2, 0.25) is 5.28 Å². The minimum Gasteiger partial charge on any atom is -0.569 e. The Balaban J connectivity index is 1.58. The van der Waals surface area contributed by atoms with E-state index < -0.39 is 40.7 Å². The van der Waals surface area contributed by atoms with Crippen molar-refractivity contribution in [3.8, 4) is 16.9 Å². The molecular weight excluding hydrogens is 613 g/mol. The number of nitrogens with zero attached hydrogens (tertiary/aromatic N) is 5. The molecule has 0 aliphatic heterocycles. The molecule has 14 nitrogen and oxygen atoms in total. The van der Waals surface area contributed by atoms with Crippen LogP contribution in [-0.2, 0) is 35.3 Å². The highest BCUT2D eigenvalue weighted by atomic mass is 32.2. The van der Waals surface area contributed by atoms with Crippen molar-refractivity contribution in [1.29, 1.82) is 0 Å². The number of rotatable bonds is 13. The van der Waals surface area contributed by atoms with Gasteiger partial charge in [0.15, 0.2) is 5.69 Å². The van der Waals surface area contributed by atoms with Crippen LogP contribution >= 0.6 is 0 Å². The highest BCUT2D eigenvalue weighted by molar-refractivity contribution is 7.90. The highest BCUT2D eigenvalue weighted by Crippen LogP contribution is 2.33. The maximum atomic E-state index is 13.4. The normalized spacial score (nSPS) is 12.0. The molecule has 0 saturated carbocycles. The molecule has 3 rings (SSSR count). The van der Waals surface area contributed by atoms with Gasteiger partial charge in [0.1, 0.15) is 0 Å². The van der Waals surface area contributed by atoms with Crippen LogP contribution in [0.3, 0.4) is 0 Å². The second-order valence-electron chi connectivity index (χ2n) is 9.11. The molecular formula is C26H29F3N6O8S. The van der Waals surface area contributed by atoms with Gasteiger partial charge in [-0.2, -0.15) is 18.3 Å². The topological polar surface area (TPSA) is 167 Å². The Morgan fingerprint density at radius 3 is 2.39 bits per heavy atom. The summed E-state index contributed by atoms with van der Waals surface area (Å²) in [6.07, 6.45) is -5.77. The summed E-state index contributed by atoms with van der Waals surface area (Å²) in [4.78, 5) is 27.3. The van der Waals surface area contributed by atoms with E-state index in [1.807, 2.05) is 6.92 Å². The standard InChI is InChI=1S/C26H29F3N6O8S/c1-4-24(36)42-17-43-32-35(38)33(3)14-5-15-41-25(37)31-44(39,40)21-12-10-20(11-13-21)34-22(16-23(30-34)26(27,28)29)19-8-6-18(2)7-9-19/h6-13,16H,4-5,14-15,17H2,1-3H3,(H,31,37). The van der Waals surface area contributed by atoms with Crippen molar-refractivity contribution >= 4 is 22.1 Å². The minimum absolute atomic E-state index is 0.0284. The average Bonchev–Trinajstić information content (AvgIpc) is 3.44. The third kappa shape index (κ3) is 9.32. The molecule has 0 aliphatic carbocycles. The maximum Gasteiger partial charge on any atom is 0.435 e. The number of aryl methyl sites for hydroxylation is 1. The van der Waals surface area contributed by atoms with Crippen molar-refractivity contribution in [3.05, 3.63) is 71.1 Å². The van der Waals surface area contributed by atoms with Gasteiger partial charge in [0.25, 0.3) is 16.8 Å². The quantitative estimate of drug-likeness (QED) is 0.0708. The molecule has 18 heteroatoms. The molecule has 3 aromatic rings. The second-order valence-corrected chi connectivity index (χ2v) is 10.8. The van der Waals surface area contributed by atoms with Gasteiger partial charge in [-0.15, -0.1) is 5.01 Å². The average molecular weight is 643 g/mol. The van der Waals surface area contributed by atoms with E-state index >= 15 is 0 Å². The minimum atomic E-state index is -4.71. The fourth-order valence-electron chi connectivity index (χ4n) is 3.48. The van der Waals surface area contributed by atoms with Crippen LogP contribution < -0.4 is 4.72 Å². The van der Waals surface area contributed by atoms with Gasteiger partial charge in [0.05, 0.1) is 41.4 Å². The highest BCUT2D eigenvalue weighted by Gasteiger charge is 2.35. The Labute approximate surface area is 250 Å². The summed E-state index contributed by atoms with van der Waals surface area (Å²) in [5.74, 6) is -0.537. The van der Waals surface area contributed by atoms with Crippen LogP contribution in [-0.4, -0.2) is 67.2 Å². The number of benzene rings is 2. The van der Waals surface area contributed by atoms with Crippen molar-refractivity contribution in [2.45, 2.75) is 37.8 Å². The lowest BCUT2D eigenvalue weighted by atomic mass is 10.1. The molecule has 2 aromatic carbocycles. The second kappa shape index (κ2) is 14.5. The number of alkyl halides is 3. The monoisotopic (exact) mass is 642 g/mol. The van der Waals surface area contributed by atoms with E-state index in [1.165, 1.54) is 19.2 Å². The molecule has 0 bridgehead atoms. The third-order valence-electron chi connectivity index (χ3n) is 5.80. The summed E-state index contributed by atoms with van der Waals surface area (Å²) >= 11 is 0. The molecule has 1 N–H and O–H groups in total. The van der Waals surface area contributed by atoms with Gasteiger partial charge >= 0.3 is 18.2 Å². The first kappa shape index (κ1) is 33.6. The summed E-state index contributed by atoms with van der Waals surface area (Å²) in [6, 6.07) is 12.4. The number of hydrogen-bond donors (Lipinski definition) is 1. The molecule has 0 fully saturated rings. The first-order valence-electron chi connectivity index (χ1n) is 12.9. The molecule has 0 radical (unpaired) electrons. The van der Waals surface area contributed by atoms with E-state index in [1.54, 1.807) is 35.9 Å². The summed E-state index contributed by atoms with van der Waals surface area (Å²) in [5.41, 5.74) is 0.531. The van der Waals surface area contributed by atoms with Crippen LogP contribution in [0.2, 0.25) is 0 Å². The van der Waals surface area contributed by atoms with Crippen LogP contribution in [0.5, 0.6) is 0 Å². The van der Waals surface area contributed by atoms with E-state index in [0.29, 0.717) is 5.56 Å². The number of esters is 1. The fourth-order valence-corrected chi connectivity index (χ4v) is 4.37. The molecule has 1 heterocycles. The van der Waals surface area contributed by atoms with E-state index in [2.05, 4.69) is 20.0 Å². The Bertz CT molecular complexity index is 1580. The number of sulfonamides is 1. The Morgan fingerprint density at radius 1 is 1.11 bits per heavy atom. The zero-order valence-electron chi connectivity index (χ0n) is 23.8. The molecule has 44 heavy (non-hydrogen) atoms. The summed E-state index contributed by atoms with van der Waals surface area (Å²) in [7, 11) is -3.05. The molecule has 238 valence electrons. The first-order valence-corrected chi connectivity index (χ1v) is 14.4. The summed E-state index contributed by atoms with van der Waals surface area (Å²) < 4.78 is 77.9. The van der Waals surface area contributed by atoms with E-state index in [9.17, 15) is 36.4 Å². The molecule has 0 atom stereocenters. The van der Waals surface area contributed by atoms with E-state index in [-0.39, 0.29) is 47.2 Å². The lowest BCUT2D eigenvalue weighted by molar-refractivity contribution is -0.706. The molecule has 1 aromatic heterocycles. The molecule has 0 saturated heterocycles. The SMILES string of the molecule is CCC(=O)OCON=[N+]([O-])N(C)CCCOC(=O)NS(=O)(=O)c1ccc(-n2nc(C(F)(F)F)cc2-c2ccc(C)cc2)cc1. The number of carbonyl (C=O) groups is 2. The number of hydrogen-bond acceptors (Lipinski definition) is 10. The maximum absolute atomic E-state index is 13.4. The van der Waals surface area contributed by atoms with Gasteiger partial charge in [-0.1, -0.05) is 36.8 Å². The smallest absolute Gasteiger partial charge is 0.435 e. The van der Waals surface area contributed by atoms with E-state index in [4.69, 9.17) is 4.74 Å². The lowest BCUT2D eigenvalue weighted by Crippen LogP contribution is -2.32. The van der Waals surface area contributed by atoms with E-state index in [0.717, 1.165) is 33.5 Å². The number of aromatic nitrogens is 2. The summed E-state index contributed by atoms with van der Waals surface area (Å²) in [5, 5.41) is 19.6. The van der Waals surface area contributed by atoms with Crippen LogP contribution in [0.1, 0.15) is 31.0 Å². The van der Waals surface area contributed by atoms with Crippen LogP contribution in [0, 0.1) is 12.1 Å². The number of ether oxygens (including phenoxy) is 2. The Hall–Kier alpha value is -4.87. The van der Waals surface area contributed by atoms with Crippen molar-refractivity contribution in [1.82, 2.24) is 19.5 Å². The van der Waals surface area contributed by atoms with Crippen molar-refractivity contribution in [3.63, 3.8) is 0 Å². The third-order valence-corrected chi connectivity index (χ3v) is 7.12. The van der Waals surface area contributed by atoms with Gasteiger partial charge in [-0.3, -0.25) is 4.79 Å². The zero-order chi connectivity index (χ0) is 32.5. The predicted octanol–water partition coefficient (Wildman–Crippen LogP) is 4.32. The Morgan fingerprint density at radius 2 is 1.77 bits per heavy atom. The molecule has 0 spiro atoms. The number of hydrazine groups is 1. The number of carbonyl (C=O) groups excluding carboxylic acids is 2. The largest absolute Gasteiger partial charge is 0.569 e. The van der Waals surface area contributed by atoms with Crippen molar-refractivity contribution in [2.75, 3.05) is 27.0 Å². The predicted molar refractivity (Wildman–Crippen MR) is 146 cm³/mol. The first-order chi connectivity index (χ1) is 20.7. The van der Waals surface area contributed by atoms with Crippen LogP contribution in [0.15, 0.2) is 64.8 Å². The fraction of sp³-hybridized carbons (Fsp3) is 0.346. The number of nitrogens with one attached hydrogen (secondary N) is 1. The lowest BCUT2D eigenvalue weighted by Gasteiger charge is -2.13. The van der Waals surface area contributed by atoms with Crippen molar-refractivity contribution in [2.24, 2.45) is 5.28 Å². The molecule has 0 unspecified atom stereocenters. The molecule has 0 aliphatic rings. The number of amides is 1. The van der Waals surface area contributed by atoms with Gasteiger partial charge in [0, 0.05) is 18.4 Å². The van der Waals surface area contributed by atoms with Gasteiger partial charge in [-0.05, 0) is 37.3 Å². The van der Waals surface area contributed by atoms with Crippen LogP contribution in [0.4, 0.5) is 18.0 Å². The molecule has 1 amide bonds. The number of halogens is 3. The Kier molecular flexibility index (Phi) is 11.1. The van der Waals surface area contributed by atoms with Crippen molar-refractivity contribution < 1.29 is 50.5 Å². The zero-order valence-corrected chi connectivity index (χ0v) is 24.6. The van der Waals surface area contributed by atoms with Gasteiger partial charge < -0.3 is 19.5 Å². The summed E-state index contributed by atoms with van der Waals surface area (Å²) in [6.45, 7) is 2.62. The van der Waals surface area contributed by atoms with Crippen LogP contribution in [0.25, 0.3) is 16.9 Å². The van der Waals surface area contributed by atoms with Gasteiger partial charge in [-0.25, -0.2) is 22.6 Å².